The molecule has 3 heterocycles. The highest BCUT2D eigenvalue weighted by atomic mass is 35.5. The molecule has 2 fully saturated rings. The number of nitrogens with one attached hydrogen (secondary N) is 1. The third-order valence-corrected chi connectivity index (χ3v) is 5.06. The van der Waals surface area contributed by atoms with Gasteiger partial charge in [-0.25, -0.2) is 4.98 Å². The number of anilines is 1. The highest BCUT2D eigenvalue weighted by Gasteiger charge is 2.23. The van der Waals surface area contributed by atoms with Crippen LogP contribution in [0.4, 0.5) is 5.82 Å². The number of nitrogens with zero attached hydrogens (tertiary/aromatic N) is 4. The lowest BCUT2D eigenvalue weighted by Crippen LogP contribution is -2.49. The van der Waals surface area contributed by atoms with Crippen molar-refractivity contribution in [2.45, 2.75) is 25.7 Å². The molecule has 7 heteroatoms. The molecule has 0 aliphatic carbocycles. The largest absolute Gasteiger partial charge is 0.353 e. The molecule has 3 rings (SSSR count). The summed E-state index contributed by atoms with van der Waals surface area (Å²) in [6.45, 7) is 5.22. The second-order valence-corrected chi connectivity index (χ2v) is 6.61. The van der Waals surface area contributed by atoms with Crippen LogP contribution in [0.25, 0.3) is 0 Å². The van der Waals surface area contributed by atoms with Gasteiger partial charge < -0.3 is 15.1 Å². The molecule has 1 amide bonds. The third-order valence-electron chi connectivity index (χ3n) is 5.06. The zero-order chi connectivity index (χ0) is 16.8. The Bertz CT molecular complexity index is 604. The zero-order valence-corrected chi connectivity index (χ0v) is 15.3. The summed E-state index contributed by atoms with van der Waals surface area (Å²) in [5.41, 5.74) is 0.625. The van der Waals surface area contributed by atoms with Crippen LogP contribution in [0.1, 0.15) is 31.2 Å². The van der Waals surface area contributed by atoms with Crippen LogP contribution in [-0.4, -0.2) is 55.1 Å². The lowest BCUT2D eigenvalue weighted by atomic mass is 9.93. The maximum absolute atomic E-state index is 12.4. The van der Waals surface area contributed by atoms with Gasteiger partial charge in [-0.3, -0.25) is 4.79 Å². The second-order valence-electron chi connectivity index (χ2n) is 6.61. The minimum atomic E-state index is 0. The number of carbonyl (C=O) groups excluding carboxylic acids is 1. The van der Waals surface area contributed by atoms with Crippen molar-refractivity contribution in [1.29, 1.82) is 5.26 Å². The quantitative estimate of drug-likeness (QED) is 0.883. The summed E-state index contributed by atoms with van der Waals surface area (Å²) in [6, 6.07) is 5.67. The van der Waals surface area contributed by atoms with Crippen molar-refractivity contribution in [2.24, 2.45) is 5.92 Å². The maximum atomic E-state index is 12.4. The molecule has 0 unspecified atom stereocenters. The molecule has 1 aromatic heterocycles. The summed E-state index contributed by atoms with van der Waals surface area (Å²) in [4.78, 5) is 20.9. The summed E-state index contributed by atoms with van der Waals surface area (Å²) < 4.78 is 0. The number of nitriles is 1. The Balaban J connectivity index is 0.00000225. The number of piperidine rings is 1. The first-order valence-electron chi connectivity index (χ1n) is 8.86. The van der Waals surface area contributed by atoms with Crippen LogP contribution in [0, 0.1) is 17.2 Å². The fourth-order valence-electron chi connectivity index (χ4n) is 3.50. The number of hydrogen-bond donors (Lipinski definition) is 1. The van der Waals surface area contributed by atoms with Crippen molar-refractivity contribution in [3.63, 3.8) is 0 Å². The summed E-state index contributed by atoms with van der Waals surface area (Å²) >= 11 is 0. The summed E-state index contributed by atoms with van der Waals surface area (Å²) in [5, 5.41) is 12.4. The van der Waals surface area contributed by atoms with E-state index in [0.29, 0.717) is 17.9 Å². The van der Waals surface area contributed by atoms with Gasteiger partial charge in [0.05, 0.1) is 11.6 Å². The third kappa shape index (κ3) is 5.32. The Morgan fingerprint density at radius 1 is 1.28 bits per heavy atom. The van der Waals surface area contributed by atoms with Crippen molar-refractivity contribution < 1.29 is 4.79 Å². The van der Waals surface area contributed by atoms with Gasteiger partial charge in [-0.15, -0.1) is 12.4 Å². The van der Waals surface area contributed by atoms with Gasteiger partial charge in [0, 0.05) is 38.8 Å². The molecule has 2 saturated heterocycles. The molecule has 0 aromatic carbocycles. The molecule has 136 valence electrons. The zero-order valence-electron chi connectivity index (χ0n) is 14.5. The first-order chi connectivity index (χ1) is 11.8. The predicted octanol–water partition coefficient (Wildman–Crippen LogP) is 1.80. The summed E-state index contributed by atoms with van der Waals surface area (Å²) in [7, 11) is 0. The van der Waals surface area contributed by atoms with E-state index in [-0.39, 0.29) is 18.3 Å². The van der Waals surface area contributed by atoms with Crippen LogP contribution in [-0.2, 0) is 4.79 Å². The molecule has 2 aliphatic heterocycles. The SMILES string of the molecule is Cl.N#Cc1ccnc(N2CCN(C(=O)CCC3CCNCC3)CC2)c1. The number of rotatable bonds is 4. The average molecular weight is 364 g/mol. The Hall–Kier alpha value is -1.84. The van der Waals surface area contributed by atoms with Gasteiger partial charge in [-0.05, 0) is 50.4 Å². The van der Waals surface area contributed by atoms with Crippen LogP contribution in [0.15, 0.2) is 18.3 Å². The van der Waals surface area contributed by atoms with Gasteiger partial charge in [-0.2, -0.15) is 5.26 Å². The molecular weight excluding hydrogens is 338 g/mol. The van der Waals surface area contributed by atoms with Crippen molar-refractivity contribution in [1.82, 2.24) is 15.2 Å². The minimum Gasteiger partial charge on any atom is -0.353 e. The Kier molecular flexibility index (Phi) is 7.48. The second kappa shape index (κ2) is 9.59. The van der Waals surface area contributed by atoms with Gasteiger partial charge in [0.15, 0.2) is 0 Å². The van der Waals surface area contributed by atoms with E-state index in [1.165, 1.54) is 12.8 Å². The van der Waals surface area contributed by atoms with Crippen molar-refractivity contribution >= 4 is 24.1 Å². The number of piperazine rings is 1. The summed E-state index contributed by atoms with van der Waals surface area (Å²) in [5.74, 6) is 1.82. The van der Waals surface area contributed by atoms with E-state index in [4.69, 9.17) is 5.26 Å². The number of hydrogen-bond acceptors (Lipinski definition) is 5. The molecule has 0 radical (unpaired) electrons. The molecule has 0 atom stereocenters. The lowest BCUT2D eigenvalue weighted by molar-refractivity contribution is -0.131. The Morgan fingerprint density at radius 2 is 2.00 bits per heavy atom. The van der Waals surface area contributed by atoms with Crippen LogP contribution in [0.3, 0.4) is 0 Å². The highest BCUT2D eigenvalue weighted by molar-refractivity contribution is 5.85. The molecule has 0 spiro atoms. The van der Waals surface area contributed by atoms with Gasteiger partial charge in [0.25, 0.3) is 0 Å². The normalized spacial score (nSPS) is 18.4. The van der Waals surface area contributed by atoms with E-state index in [2.05, 4.69) is 21.3 Å². The number of carbonyl (C=O) groups is 1. The molecule has 1 N–H and O–H groups in total. The van der Waals surface area contributed by atoms with Gasteiger partial charge in [0.1, 0.15) is 5.82 Å². The van der Waals surface area contributed by atoms with E-state index in [9.17, 15) is 4.79 Å². The van der Waals surface area contributed by atoms with E-state index in [1.54, 1.807) is 12.3 Å². The Morgan fingerprint density at radius 3 is 2.68 bits per heavy atom. The maximum Gasteiger partial charge on any atom is 0.222 e. The molecule has 0 saturated carbocycles. The van der Waals surface area contributed by atoms with Gasteiger partial charge >= 0.3 is 0 Å². The number of aromatic nitrogens is 1. The molecule has 25 heavy (non-hydrogen) atoms. The topological polar surface area (TPSA) is 72.3 Å². The molecule has 0 bridgehead atoms. The summed E-state index contributed by atoms with van der Waals surface area (Å²) in [6.07, 6.45) is 5.76. The predicted molar refractivity (Wildman–Crippen MR) is 99.8 cm³/mol. The van der Waals surface area contributed by atoms with Gasteiger partial charge in [0.2, 0.25) is 5.91 Å². The number of amides is 1. The van der Waals surface area contributed by atoms with E-state index in [0.717, 1.165) is 51.5 Å². The Labute approximate surface area is 155 Å². The van der Waals surface area contributed by atoms with Crippen molar-refractivity contribution in [3.05, 3.63) is 23.9 Å². The van der Waals surface area contributed by atoms with Crippen LogP contribution >= 0.6 is 12.4 Å². The van der Waals surface area contributed by atoms with Crippen LogP contribution < -0.4 is 10.2 Å². The fourth-order valence-corrected chi connectivity index (χ4v) is 3.50. The molecule has 1 aromatic rings. The van der Waals surface area contributed by atoms with Crippen molar-refractivity contribution in [2.75, 3.05) is 44.2 Å². The van der Waals surface area contributed by atoms with E-state index in [1.807, 2.05) is 11.0 Å². The molecule has 6 nitrogen and oxygen atoms in total. The highest BCUT2D eigenvalue weighted by Crippen LogP contribution is 2.19. The molecular formula is C18H26ClN5O. The van der Waals surface area contributed by atoms with Crippen LogP contribution in [0.2, 0.25) is 0 Å². The standard InChI is InChI=1S/C18H25N5O.ClH/c19-14-16-5-8-21-17(13-16)22-9-11-23(12-10-22)18(24)2-1-15-3-6-20-7-4-15;/h5,8,13,15,20H,1-4,6-7,9-12H2;1H. The smallest absolute Gasteiger partial charge is 0.222 e. The van der Waals surface area contributed by atoms with Gasteiger partial charge in [-0.1, -0.05) is 0 Å². The molecule has 2 aliphatic rings. The minimum absolute atomic E-state index is 0. The first kappa shape index (κ1) is 19.5. The lowest BCUT2D eigenvalue weighted by Gasteiger charge is -2.35. The average Bonchev–Trinajstić information content (AvgIpc) is 2.67. The first-order valence-corrected chi connectivity index (χ1v) is 8.86. The monoisotopic (exact) mass is 363 g/mol. The van der Waals surface area contributed by atoms with Crippen molar-refractivity contribution in [3.8, 4) is 6.07 Å². The van der Waals surface area contributed by atoms with E-state index >= 15 is 0 Å². The fraction of sp³-hybridized carbons (Fsp3) is 0.611. The van der Waals surface area contributed by atoms with E-state index < -0.39 is 0 Å². The van der Waals surface area contributed by atoms with Crippen LogP contribution in [0.5, 0.6) is 0 Å². The number of pyridine rings is 1. The number of halogens is 1.